The van der Waals surface area contributed by atoms with E-state index in [1.165, 1.54) is 6.42 Å². The van der Waals surface area contributed by atoms with Gasteiger partial charge in [0, 0.05) is 37.8 Å². The molecule has 3 rings (SSSR count). The Balaban J connectivity index is 1.48. The topological polar surface area (TPSA) is 50.8 Å². The van der Waals surface area contributed by atoms with Crippen molar-refractivity contribution < 1.29 is 14.3 Å². The highest BCUT2D eigenvalue weighted by Gasteiger charge is 2.22. The number of ether oxygens (including phenoxy) is 2. The highest BCUT2D eigenvalue weighted by molar-refractivity contribution is 5.91. The van der Waals surface area contributed by atoms with E-state index in [0.717, 1.165) is 42.9 Å². The first kappa shape index (κ1) is 15.2. The number of likely N-dealkylation sites (tertiary alicyclic amines) is 1. The molecule has 1 N–H and O–H groups in total. The van der Waals surface area contributed by atoms with Crippen LogP contribution in [-0.2, 0) is 4.79 Å². The molecule has 120 valence electrons. The average molecular weight is 304 g/mol. The summed E-state index contributed by atoms with van der Waals surface area (Å²) in [6.45, 7) is 7.84. The van der Waals surface area contributed by atoms with Crippen molar-refractivity contribution in [3.8, 4) is 11.5 Å². The quantitative estimate of drug-likeness (QED) is 0.929. The lowest BCUT2D eigenvalue weighted by atomic mass is 9.92. The second-order valence-electron chi connectivity index (χ2n) is 6.57. The van der Waals surface area contributed by atoms with Crippen LogP contribution < -0.4 is 14.8 Å². The molecule has 0 aliphatic carbocycles. The molecule has 0 saturated carbocycles. The minimum Gasteiger partial charge on any atom is -0.454 e. The van der Waals surface area contributed by atoms with Crippen LogP contribution in [0.3, 0.4) is 0 Å². The van der Waals surface area contributed by atoms with E-state index in [9.17, 15) is 4.79 Å². The molecule has 1 aromatic carbocycles. The summed E-state index contributed by atoms with van der Waals surface area (Å²) in [6.07, 6.45) is 1.81. The molecule has 0 spiro atoms. The predicted molar refractivity (Wildman–Crippen MR) is 85.2 cm³/mol. The number of hydrogen-bond acceptors (Lipinski definition) is 4. The number of carbonyl (C=O) groups is 1. The fraction of sp³-hybridized carbons (Fsp3) is 0.588. The predicted octanol–water partition coefficient (Wildman–Crippen LogP) is 2.72. The lowest BCUT2D eigenvalue weighted by molar-refractivity contribution is -0.116. The van der Waals surface area contributed by atoms with Crippen molar-refractivity contribution in [1.82, 2.24) is 4.90 Å². The third kappa shape index (κ3) is 3.71. The van der Waals surface area contributed by atoms with Crippen LogP contribution >= 0.6 is 0 Å². The molecule has 0 bridgehead atoms. The first-order valence-electron chi connectivity index (χ1n) is 8.02. The Kier molecular flexibility index (Phi) is 4.52. The van der Waals surface area contributed by atoms with Crippen LogP contribution in [0, 0.1) is 11.8 Å². The van der Waals surface area contributed by atoms with Crippen LogP contribution in [0.4, 0.5) is 5.69 Å². The van der Waals surface area contributed by atoms with Crippen LogP contribution in [0.5, 0.6) is 11.5 Å². The van der Waals surface area contributed by atoms with E-state index in [4.69, 9.17) is 9.47 Å². The maximum absolute atomic E-state index is 12.1. The van der Waals surface area contributed by atoms with Gasteiger partial charge in [0.05, 0.1) is 0 Å². The van der Waals surface area contributed by atoms with Crippen LogP contribution in [0.1, 0.15) is 26.7 Å². The number of amides is 1. The Morgan fingerprint density at radius 1 is 1.23 bits per heavy atom. The van der Waals surface area contributed by atoms with Crippen molar-refractivity contribution in [2.75, 3.05) is 31.7 Å². The molecule has 0 unspecified atom stereocenters. The number of piperidine rings is 1. The number of fused-ring (bicyclic) bond motifs is 1. The number of nitrogens with zero attached hydrogens (tertiary/aromatic N) is 1. The van der Waals surface area contributed by atoms with Gasteiger partial charge >= 0.3 is 0 Å². The van der Waals surface area contributed by atoms with E-state index in [0.29, 0.717) is 12.2 Å². The second-order valence-corrected chi connectivity index (χ2v) is 6.57. The minimum absolute atomic E-state index is 0.0461. The molecule has 5 heteroatoms. The molecule has 1 fully saturated rings. The number of rotatable bonds is 4. The van der Waals surface area contributed by atoms with Crippen LogP contribution in [0.15, 0.2) is 18.2 Å². The van der Waals surface area contributed by atoms with Gasteiger partial charge in [-0.1, -0.05) is 13.8 Å². The Morgan fingerprint density at radius 3 is 2.73 bits per heavy atom. The molecule has 1 aromatic rings. The van der Waals surface area contributed by atoms with Crippen molar-refractivity contribution in [3.05, 3.63) is 18.2 Å². The number of nitrogens with one attached hydrogen (secondary N) is 1. The van der Waals surface area contributed by atoms with Gasteiger partial charge in [0.25, 0.3) is 0 Å². The third-order valence-electron chi connectivity index (χ3n) is 4.26. The summed E-state index contributed by atoms with van der Waals surface area (Å²) in [5.74, 6) is 2.91. The second kappa shape index (κ2) is 6.57. The first-order chi connectivity index (χ1) is 10.6. The number of anilines is 1. The van der Waals surface area contributed by atoms with E-state index in [2.05, 4.69) is 24.1 Å². The Hall–Kier alpha value is -1.75. The van der Waals surface area contributed by atoms with Crippen molar-refractivity contribution in [2.45, 2.75) is 26.7 Å². The molecule has 0 radical (unpaired) electrons. The fourth-order valence-corrected chi connectivity index (χ4v) is 3.43. The first-order valence-corrected chi connectivity index (χ1v) is 8.02. The molecule has 2 aliphatic rings. The molecule has 2 aliphatic heterocycles. The zero-order valence-corrected chi connectivity index (χ0v) is 13.3. The Morgan fingerprint density at radius 2 is 1.95 bits per heavy atom. The molecule has 2 atom stereocenters. The highest BCUT2D eigenvalue weighted by Crippen LogP contribution is 2.34. The zero-order valence-electron chi connectivity index (χ0n) is 13.3. The van der Waals surface area contributed by atoms with Crippen molar-refractivity contribution in [3.63, 3.8) is 0 Å². The summed E-state index contributed by atoms with van der Waals surface area (Å²) in [6, 6.07) is 5.48. The summed E-state index contributed by atoms with van der Waals surface area (Å²) in [5, 5.41) is 2.93. The summed E-state index contributed by atoms with van der Waals surface area (Å²) in [5.41, 5.74) is 0.759. The SMILES string of the molecule is C[C@H]1C[C@H](C)CN(CCC(=O)Nc2ccc3c(c2)OCO3)C1. The maximum Gasteiger partial charge on any atom is 0.231 e. The van der Waals surface area contributed by atoms with Crippen molar-refractivity contribution >= 4 is 11.6 Å². The summed E-state index contributed by atoms with van der Waals surface area (Å²) < 4.78 is 10.6. The van der Waals surface area contributed by atoms with Gasteiger partial charge in [0.2, 0.25) is 12.7 Å². The van der Waals surface area contributed by atoms with Crippen LogP contribution in [0.25, 0.3) is 0 Å². The number of hydrogen-bond donors (Lipinski definition) is 1. The van der Waals surface area contributed by atoms with Gasteiger partial charge in [0.1, 0.15) is 0 Å². The molecule has 5 nitrogen and oxygen atoms in total. The van der Waals surface area contributed by atoms with Gasteiger partial charge in [-0.15, -0.1) is 0 Å². The van der Waals surface area contributed by atoms with Gasteiger partial charge in [-0.2, -0.15) is 0 Å². The smallest absolute Gasteiger partial charge is 0.231 e. The van der Waals surface area contributed by atoms with E-state index < -0.39 is 0 Å². The van der Waals surface area contributed by atoms with Crippen LogP contribution in [-0.4, -0.2) is 37.2 Å². The van der Waals surface area contributed by atoms with Gasteiger partial charge in [-0.05, 0) is 30.4 Å². The van der Waals surface area contributed by atoms with E-state index in [-0.39, 0.29) is 12.7 Å². The summed E-state index contributed by atoms with van der Waals surface area (Å²) >= 11 is 0. The van der Waals surface area contributed by atoms with E-state index in [1.54, 1.807) is 0 Å². The Labute approximate surface area is 131 Å². The molecule has 0 aromatic heterocycles. The summed E-state index contributed by atoms with van der Waals surface area (Å²) in [7, 11) is 0. The molecular formula is C17H24N2O3. The molecule has 1 amide bonds. The van der Waals surface area contributed by atoms with Crippen molar-refractivity contribution in [1.29, 1.82) is 0 Å². The minimum atomic E-state index is 0.0461. The number of carbonyl (C=O) groups excluding carboxylic acids is 1. The van der Waals surface area contributed by atoms with Gasteiger partial charge in [0.15, 0.2) is 11.5 Å². The lowest BCUT2D eigenvalue weighted by Gasteiger charge is -2.34. The highest BCUT2D eigenvalue weighted by atomic mass is 16.7. The average Bonchev–Trinajstić information content (AvgIpc) is 2.92. The Bertz CT molecular complexity index is 537. The molecule has 22 heavy (non-hydrogen) atoms. The molecule has 2 heterocycles. The van der Waals surface area contributed by atoms with E-state index >= 15 is 0 Å². The maximum atomic E-state index is 12.1. The molecular weight excluding hydrogens is 280 g/mol. The molecule has 1 saturated heterocycles. The van der Waals surface area contributed by atoms with Gasteiger partial charge in [-0.3, -0.25) is 4.79 Å². The largest absolute Gasteiger partial charge is 0.454 e. The standard InChI is InChI=1S/C17H24N2O3/c1-12-7-13(2)10-19(9-12)6-5-17(20)18-14-3-4-15-16(8-14)22-11-21-15/h3-4,8,12-13H,5-7,9-11H2,1-2H3,(H,18,20)/t12-,13-/m0/s1. The third-order valence-corrected chi connectivity index (χ3v) is 4.26. The van der Waals surface area contributed by atoms with Crippen LogP contribution in [0.2, 0.25) is 0 Å². The lowest BCUT2D eigenvalue weighted by Crippen LogP contribution is -2.40. The summed E-state index contributed by atoms with van der Waals surface area (Å²) in [4.78, 5) is 14.5. The van der Waals surface area contributed by atoms with E-state index in [1.807, 2.05) is 18.2 Å². The zero-order chi connectivity index (χ0) is 15.5. The monoisotopic (exact) mass is 304 g/mol. The number of benzene rings is 1. The van der Waals surface area contributed by atoms with Gasteiger partial charge < -0.3 is 19.7 Å². The normalized spacial score (nSPS) is 24.3. The van der Waals surface area contributed by atoms with Crippen molar-refractivity contribution in [2.24, 2.45) is 11.8 Å². The van der Waals surface area contributed by atoms with Gasteiger partial charge in [-0.25, -0.2) is 0 Å². The fourth-order valence-electron chi connectivity index (χ4n) is 3.43.